The van der Waals surface area contributed by atoms with Gasteiger partial charge in [0.25, 0.3) is 29.4 Å². The van der Waals surface area contributed by atoms with Crippen LogP contribution in [0.1, 0.15) is 89.5 Å². The summed E-state index contributed by atoms with van der Waals surface area (Å²) in [6.45, 7) is 13.4. The Kier molecular flexibility index (Phi) is 14.2. The summed E-state index contributed by atoms with van der Waals surface area (Å²) in [6.07, 6.45) is 17.7. The van der Waals surface area contributed by atoms with Gasteiger partial charge in [-0.2, -0.15) is 14.3 Å². The highest BCUT2D eigenvalue weighted by Crippen LogP contribution is 2.42. The van der Waals surface area contributed by atoms with Gasteiger partial charge in [-0.3, -0.25) is 0 Å². The lowest BCUT2D eigenvalue weighted by Gasteiger charge is -2.18. The molecule has 5 aliphatic carbocycles. The maximum atomic E-state index is 13.1. The van der Waals surface area contributed by atoms with E-state index in [1.54, 1.807) is 4.31 Å². The molecule has 0 amide bonds. The molecule has 12 rings (SSSR count). The van der Waals surface area contributed by atoms with Crippen molar-refractivity contribution in [3.05, 3.63) is 56.6 Å². The number of rotatable bonds is 12. The lowest BCUT2D eigenvalue weighted by atomic mass is 9.99. The fraction of sp³-hybridized carbons (Fsp3) is 0.673. The van der Waals surface area contributed by atoms with Crippen molar-refractivity contribution in [3.8, 4) is 0 Å². The second-order valence-corrected chi connectivity index (χ2v) is 32.4. The molecule has 3 saturated heterocycles. The summed E-state index contributed by atoms with van der Waals surface area (Å²) >= 11 is 0. The summed E-state index contributed by atoms with van der Waals surface area (Å²) in [7, 11) is 0.973. The van der Waals surface area contributed by atoms with Crippen LogP contribution in [0.25, 0.3) is 0 Å². The molecule has 376 valence electrons. The minimum absolute atomic E-state index is 0.0532. The number of nitrogens with zero attached hydrogens (tertiary/aromatic N) is 8. The van der Waals surface area contributed by atoms with Gasteiger partial charge in [-0.05, 0) is 178 Å². The van der Waals surface area contributed by atoms with Crippen LogP contribution in [0.3, 0.4) is 0 Å². The van der Waals surface area contributed by atoms with Crippen LogP contribution >= 0.6 is 10.7 Å². The SMILES string of the molecule is CN1CC2CCCC2C1.CN1CC2CN(S(=O)(=O)c3nc(Nc4c5c(cc6c4CCC6)CCC5)n[nH]3)CC2C1.C[Si](C)(C)CCOCn1nc(S(=O)(=O)Cl)nc1Nc1c2c(cc3c1CCC3)CCC2. The second kappa shape index (κ2) is 19.9. The third kappa shape index (κ3) is 10.7. The van der Waals surface area contributed by atoms with E-state index in [1.165, 1.54) is 94.4 Å². The number of H-pyrrole nitrogens is 1. The van der Waals surface area contributed by atoms with Gasteiger partial charge in [-0.25, -0.2) is 26.6 Å². The van der Waals surface area contributed by atoms with Gasteiger partial charge in [0.15, 0.2) is 0 Å². The normalized spacial score (nSPS) is 24.0. The first kappa shape index (κ1) is 49.2. The fourth-order valence-corrected chi connectivity index (χ4v) is 15.4. The van der Waals surface area contributed by atoms with Gasteiger partial charge in [0.05, 0.1) is 0 Å². The molecule has 0 spiro atoms. The van der Waals surface area contributed by atoms with Crippen molar-refractivity contribution in [1.82, 2.24) is 44.1 Å². The molecule has 5 heterocycles. The average molecular weight is 1020 g/mol. The minimum atomic E-state index is -4.03. The molecule has 0 radical (unpaired) electrons. The lowest BCUT2D eigenvalue weighted by Crippen LogP contribution is -2.33. The van der Waals surface area contributed by atoms with E-state index in [2.05, 4.69) is 91.6 Å². The van der Waals surface area contributed by atoms with Gasteiger partial charge in [0.2, 0.25) is 11.9 Å². The second-order valence-electron chi connectivity index (χ2n) is 22.4. The Labute approximate surface area is 414 Å². The van der Waals surface area contributed by atoms with Crippen LogP contribution in [0.4, 0.5) is 23.3 Å². The zero-order valence-electron chi connectivity index (χ0n) is 41.2. The first-order chi connectivity index (χ1) is 33.0. The van der Waals surface area contributed by atoms with Crippen LogP contribution in [-0.4, -0.2) is 129 Å². The molecule has 8 aliphatic rings. The number of anilines is 4. The molecule has 16 nitrogen and oxygen atoms in total. The number of likely N-dealkylation sites (tertiary alicyclic amines) is 2. The number of aromatic amines is 1. The van der Waals surface area contributed by atoms with Crippen molar-refractivity contribution in [1.29, 1.82) is 0 Å². The Morgan fingerprint density at radius 3 is 1.67 bits per heavy atom. The van der Waals surface area contributed by atoms with Crippen molar-refractivity contribution in [3.63, 3.8) is 0 Å². The topological polar surface area (TPSA) is 184 Å². The highest BCUT2D eigenvalue weighted by molar-refractivity contribution is 8.13. The number of nitrogens with one attached hydrogen (secondary N) is 3. The van der Waals surface area contributed by atoms with Gasteiger partial charge < -0.3 is 25.2 Å². The van der Waals surface area contributed by atoms with Crippen LogP contribution in [0.15, 0.2) is 22.4 Å². The van der Waals surface area contributed by atoms with Crippen molar-refractivity contribution in [2.45, 2.75) is 139 Å². The Bertz CT molecular complexity index is 2690. The Morgan fingerprint density at radius 1 is 0.681 bits per heavy atom. The molecule has 69 heavy (non-hydrogen) atoms. The molecule has 4 unspecified atom stereocenters. The molecule has 4 fully saturated rings. The van der Waals surface area contributed by atoms with E-state index < -0.39 is 32.3 Å². The fourth-order valence-electron chi connectivity index (χ4n) is 12.7. The molecule has 1 saturated carbocycles. The summed E-state index contributed by atoms with van der Waals surface area (Å²) in [6, 6.07) is 5.75. The van der Waals surface area contributed by atoms with Gasteiger partial charge >= 0.3 is 0 Å². The van der Waals surface area contributed by atoms with Crippen LogP contribution in [-0.2, 0) is 81.9 Å². The first-order valence-corrected chi connectivity index (χ1v) is 33.1. The highest BCUT2D eigenvalue weighted by Gasteiger charge is 2.44. The molecular weight excluding hydrogens is 950 g/mol. The number of sulfonamides is 1. The van der Waals surface area contributed by atoms with E-state index in [0.29, 0.717) is 43.4 Å². The van der Waals surface area contributed by atoms with E-state index in [9.17, 15) is 16.8 Å². The molecule has 0 bridgehead atoms. The average Bonchev–Trinajstić information content (AvgIpc) is 4.09. The zero-order chi connectivity index (χ0) is 48.2. The van der Waals surface area contributed by atoms with Crippen molar-refractivity contribution in [2.75, 3.05) is 70.6 Å². The Morgan fingerprint density at radius 2 is 1.17 bits per heavy atom. The van der Waals surface area contributed by atoms with Crippen molar-refractivity contribution < 1.29 is 21.6 Å². The maximum absolute atomic E-state index is 13.1. The summed E-state index contributed by atoms with van der Waals surface area (Å²) in [4.78, 5) is 13.3. The van der Waals surface area contributed by atoms with Crippen LogP contribution < -0.4 is 10.6 Å². The largest absolute Gasteiger partial charge is 0.359 e. The van der Waals surface area contributed by atoms with E-state index in [1.807, 2.05) is 0 Å². The van der Waals surface area contributed by atoms with Gasteiger partial charge in [-0.1, -0.05) is 38.2 Å². The summed E-state index contributed by atoms with van der Waals surface area (Å²) < 4.78 is 58.8. The number of halogens is 1. The molecule has 3 aliphatic heterocycles. The predicted octanol–water partition coefficient (Wildman–Crippen LogP) is 7.29. The quantitative estimate of drug-likeness (QED) is 0.0731. The van der Waals surface area contributed by atoms with E-state index in [-0.39, 0.29) is 11.9 Å². The number of fused-ring (bicyclic) bond motifs is 6. The number of aromatic nitrogens is 6. The predicted molar refractivity (Wildman–Crippen MR) is 273 cm³/mol. The van der Waals surface area contributed by atoms with Gasteiger partial charge in [0.1, 0.15) is 6.73 Å². The number of hydrogen-bond acceptors (Lipinski definition) is 13. The standard InChI is InChI=1S/C21H28N6O2S.C20H29ClN4O3SSi.C8H15N/c1-26-9-15-11-27(12-16(15)10-26)30(28,29)21-23-20(24-25-21)22-19-17-6-2-4-13(17)8-14-5-3-7-18(14)19;1-30(2,3)11-10-28-13-25-19(23-20(24-25)29(21,26)27)22-18-16-8-4-6-14(16)12-15-7-5-9-17(15)18;1-9-5-7-3-2-4-8(7)6-9/h8,15-16H,2-7,9-12H2,1H3,(H2,22,23,24,25);12H,4-11,13H2,1-3H3,(H,22,23,24);7-8H,2-6H2,1H3. The van der Waals surface area contributed by atoms with Crippen LogP contribution in [0, 0.1) is 23.7 Å². The first-order valence-electron chi connectivity index (χ1n) is 25.6. The van der Waals surface area contributed by atoms with E-state index in [0.717, 1.165) is 107 Å². The minimum Gasteiger partial charge on any atom is -0.359 e. The van der Waals surface area contributed by atoms with E-state index in [4.69, 9.17) is 15.4 Å². The summed E-state index contributed by atoms with van der Waals surface area (Å²) in [5, 5.41) is 17.4. The third-order valence-electron chi connectivity index (χ3n) is 16.1. The zero-order valence-corrected chi connectivity index (χ0v) is 44.6. The number of aryl methyl sites for hydroxylation is 4. The summed E-state index contributed by atoms with van der Waals surface area (Å²) in [5.74, 6) is 3.70. The Balaban J connectivity index is 0.000000135. The highest BCUT2D eigenvalue weighted by atomic mass is 35.7. The Hall–Kier alpha value is -3.43. The summed E-state index contributed by atoms with van der Waals surface area (Å²) in [5.41, 5.74) is 13.2. The van der Waals surface area contributed by atoms with Crippen molar-refractivity contribution >= 4 is 61.1 Å². The number of benzene rings is 2. The van der Waals surface area contributed by atoms with Crippen LogP contribution in [0.2, 0.25) is 25.7 Å². The lowest BCUT2D eigenvalue weighted by molar-refractivity contribution is 0.0792. The van der Waals surface area contributed by atoms with Crippen LogP contribution in [0.5, 0.6) is 0 Å². The monoisotopic (exact) mass is 1020 g/mol. The molecule has 4 aromatic rings. The van der Waals surface area contributed by atoms with Crippen molar-refractivity contribution in [2.24, 2.45) is 23.7 Å². The molecule has 2 aromatic heterocycles. The molecule has 4 atom stereocenters. The number of ether oxygens (including phenoxy) is 1. The molecule has 20 heteroatoms. The third-order valence-corrected chi connectivity index (χ3v) is 20.5. The molecule has 2 aromatic carbocycles. The number of hydrogen-bond donors (Lipinski definition) is 3. The van der Waals surface area contributed by atoms with Gasteiger partial charge in [-0.15, -0.1) is 10.2 Å². The molecule has 3 N–H and O–H groups in total. The molecular formula is C49H72ClN11O5S2Si. The maximum Gasteiger partial charge on any atom is 0.298 e. The van der Waals surface area contributed by atoms with Gasteiger partial charge in [0, 0.05) is 76.0 Å². The van der Waals surface area contributed by atoms with E-state index >= 15 is 0 Å². The smallest absolute Gasteiger partial charge is 0.298 e.